The Morgan fingerprint density at radius 2 is 1.96 bits per heavy atom. The molecule has 0 aliphatic carbocycles. The molecular formula is C19H14BrN3O4. The van der Waals surface area contributed by atoms with E-state index in [1.54, 1.807) is 24.3 Å². The van der Waals surface area contributed by atoms with E-state index in [0.29, 0.717) is 22.9 Å². The minimum atomic E-state index is -0.366. The minimum Gasteiger partial charge on any atom is -0.454 e. The number of benzene rings is 2. The van der Waals surface area contributed by atoms with Gasteiger partial charge in [-0.25, -0.2) is 4.68 Å². The van der Waals surface area contributed by atoms with Gasteiger partial charge in [-0.1, -0.05) is 28.1 Å². The summed E-state index contributed by atoms with van der Waals surface area (Å²) in [6, 6.07) is 15.7. The third-order valence-corrected chi connectivity index (χ3v) is 4.43. The van der Waals surface area contributed by atoms with Crippen LogP contribution in [0.2, 0.25) is 0 Å². The number of hydrogen-bond acceptors (Lipinski definition) is 5. The van der Waals surface area contributed by atoms with Crippen LogP contribution in [0.4, 0.5) is 5.69 Å². The number of amides is 1. The molecule has 7 nitrogen and oxygen atoms in total. The number of fused-ring (bicyclic) bond motifs is 1. The lowest BCUT2D eigenvalue weighted by molar-refractivity contribution is -0.117. The molecule has 1 aliphatic heterocycles. The first-order valence-corrected chi connectivity index (χ1v) is 8.91. The van der Waals surface area contributed by atoms with Gasteiger partial charge >= 0.3 is 0 Å². The number of aromatic nitrogens is 2. The first kappa shape index (κ1) is 17.3. The largest absolute Gasteiger partial charge is 0.454 e. The Kier molecular flexibility index (Phi) is 4.64. The van der Waals surface area contributed by atoms with Crippen LogP contribution in [-0.2, 0) is 11.3 Å². The monoisotopic (exact) mass is 427 g/mol. The molecule has 0 radical (unpaired) electrons. The van der Waals surface area contributed by atoms with Gasteiger partial charge < -0.3 is 14.8 Å². The number of carbonyl (C=O) groups is 1. The van der Waals surface area contributed by atoms with Crippen molar-refractivity contribution in [3.63, 3.8) is 0 Å². The normalized spacial score (nSPS) is 12.0. The molecule has 0 unspecified atom stereocenters. The standard InChI is InChI=1S/C19H14BrN3O4/c20-13-3-1-2-12(8-13)15-5-7-19(25)23(22-15)10-18(24)21-14-4-6-16-17(9-14)27-11-26-16/h1-9H,10-11H2,(H,21,24). The van der Waals surface area contributed by atoms with E-state index in [-0.39, 0.29) is 24.8 Å². The molecule has 1 N–H and O–H groups in total. The molecule has 2 aromatic carbocycles. The maximum Gasteiger partial charge on any atom is 0.267 e. The highest BCUT2D eigenvalue weighted by molar-refractivity contribution is 9.10. The third-order valence-electron chi connectivity index (χ3n) is 3.94. The van der Waals surface area contributed by atoms with Gasteiger partial charge in [0.15, 0.2) is 11.5 Å². The fraction of sp³-hybridized carbons (Fsp3) is 0.105. The lowest BCUT2D eigenvalue weighted by Gasteiger charge is -2.09. The van der Waals surface area contributed by atoms with Crippen LogP contribution >= 0.6 is 15.9 Å². The maximum absolute atomic E-state index is 12.3. The molecule has 1 amide bonds. The fourth-order valence-electron chi connectivity index (χ4n) is 2.67. The lowest BCUT2D eigenvalue weighted by atomic mass is 10.1. The van der Waals surface area contributed by atoms with Gasteiger partial charge in [0.05, 0.1) is 5.69 Å². The average molecular weight is 428 g/mol. The Morgan fingerprint density at radius 1 is 1.11 bits per heavy atom. The predicted octanol–water partition coefficient (Wildman–Crippen LogP) is 3.04. The van der Waals surface area contributed by atoms with Crippen LogP contribution in [0.15, 0.2) is 63.9 Å². The van der Waals surface area contributed by atoms with Crippen LogP contribution in [0.5, 0.6) is 11.5 Å². The summed E-state index contributed by atoms with van der Waals surface area (Å²) in [4.78, 5) is 24.4. The molecule has 136 valence electrons. The fourth-order valence-corrected chi connectivity index (χ4v) is 3.07. The molecule has 0 saturated heterocycles. The summed E-state index contributed by atoms with van der Waals surface area (Å²) in [6.07, 6.45) is 0. The molecule has 0 atom stereocenters. The van der Waals surface area contributed by atoms with Crippen LogP contribution < -0.4 is 20.3 Å². The van der Waals surface area contributed by atoms with Crippen molar-refractivity contribution in [2.75, 3.05) is 12.1 Å². The van der Waals surface area contributed by atoms with Gasteiger partial charge in [0.2, 0.25) is 12.7 Å². The predicted molar refractivity (Wildman–Crippen MR) is 103 cm³/mol. The van der Waals surface area contributed by atoms with Gasteiger partial charge in [-0.2, -0.15) is 5.10 Å². The first-order valence-electron chi connectivity index (χ1n) is 8.12. The average Bonchev–Trinajstić information content (AvgIpc) is 3.11. The number of anilines is 1. The zero-order valence-corrected chi connectivity index (χ0v) is 15.6. The van der Waals surface area contributed by atoms with E-state index < -0.39 is 0 Å². The van der Waals surface area contributed by atoms with E-state index in [1.165, 1.54) is 6.07 Å². The number of carbonyl (C=O) groups excluding carboxylic acids is 1. The highest BCUT2D eigenvalue weighted by Gasteiger charge is 2.15. The van der Waals surface area contributed by atoms with E-state index in [9.17, 15) is 9.59 Å². The van der Waals surface area contributed by atoms with E-state index in [0.717, 1.165) is 14.7 Å². The van der Waals surface area contributed by atoms with Crippen molar-refractivity contribution in [3.05, 3.63) is 69.4 Å². The van der Waals surface area contributed by atoms with Crippen LogP contribution in [0.3, 0.4) is 0 Å². The van der Waals surface area contributed by atoms with E-state index in [1.807, 2.05) is 24.3 Å². The Balaban J connectivity index is 1.52. The lowest BCUT2D eigenvalue weighted by Crippen LogP contribution is -2.29. The Labute approximate surface area is 162 Å². The van der Waals surface area contributed by atoms with Crippen LogP contribution in [0.1, 0.15) is 0 Å². The summed E-state index contributed by atoms with van der Waals surface area (Å²) >= 11 is 3.41. The zero-order valence-electron chi connectivity index (χ0n) is 14.0. The number of nitrogens with one attached hydrogen (secondary N) is 1. The number of ether oxygens (including phenoxy) is 2. The molecule has 0 spiro atoms. The van der Waals surface area contributed by atoms with Crippen LogP contribution in [0, 0.1) is 0 Å². The second-order valence-electron chi connectivity index (χ2n) is 5.84. The second kappa shape index (κ2) is 7.24. The maximum atomic E-state index is 12.3. The molecule has 1 aromatic heterocycles. The van der Waals surface area contributed by atoms with Gasteiger partial charge in [0, 0.05) is 27.9 Å². The van der Waals surface area contributed by atoms with Gasteiger partial charge in [-0.3, -0.25) is 9.59 Å². The van der Waals surface area contributed by atoms with Crippen molar-refractivity contribution in [2.45, 2.75) is 6.54 Å². The number of hydrogen-bond donors (Lipinski definition) is 1. The topological polar surface area (TPSA) is 82.5 Å². The molecule has 1 aliphatic rings. The van der Waals surface area contributed by atoms with Crippen molar-refractivity contribution in [1.82, 2.24) is 9.78 Å². The Bertz CT molecular complexity index is 1080. The van der Waals surface area contributed by atoms with Crippen molar-refractivity contribution in [2.24, 2.45) is 0 Å². The summed E-state index contributed by atoms with van der Waals surface area (Å²) < 4.78 is 12.6. The van der Waals surface area contributed by atoms with Crippen LogP contribution in [0.25, 0.3) is 11.3 Å². The van der Waals surface area contributed by atoms with E-state index in [2.05, 4.69) is 26.3 Å². The molecular weight excluding hydrogens is 414 g/mol. The SMILES string of the molecule is O=C(Cn1nc(-c2cccc(Br)c2)ccc1=O)Nc1ccc2c(c1)OCO2. The van der Waals surface area contributed by atoms with Gasteiger partial charge in [0.1, 0.15) is 6.54 Å². The quantitative estimate of drug-likeness (QED) is 0.691. The Morgan fingerprint density at radius 3 is 2.81 bits per heavy atom. The highest BCUT2D eigenvalue weighted by atomic mass is 79.9. The van der Waals surface area contributed by atoms with Crippen LogP contribution in [-0.4, -0.2) is 22.5 Å². The van der Waals surface area contributed by atoms with Gasteiger partial charge in [-0.05, 0) is 30.3 Å². The van der Waals surface area contributed by atoms with Crippen molar-refractivity contribution in [3.8, 4) is 22.8 Å². The van der Waals surface area contributed by atoms with E-state index >= 15 is 0 Å². The summed E-state index contributed by atoms with van der Waals surface area (Å²) in [5.41, 5.74) is 1.65. The third kappa shape index (κ3) is 3.85. The molecule has 3 aromatic rings. The molecule has 0 fully saturated rings. The molecule has 4 rings (SSSR count). The van der Waals surface area contributed by atoms with Crippen molar-refractivity contribution >= 4 is 27.5 Å². The molecule has 27 heavy (non-hydrogen) atoms. The smallest absolute Gasteiger partial charge is 0.267 e. The van der Waals surface area contributed by atoms with Gasteiger partial charge in [-0.15, -0.1) is 0 Å². The molecule has 8 heteroatoms. The molecule has 0 bridgehead atoms. The number of halogens is 1. The number of rotatable bonds is 4. The second-order valence-corrected chi connectivity index (χ2v) is 6.76. The summed E-state index contributed by atoms with van der Waals surface area (Å²) in [7, 11) is 0. The Hall–Kier alpha value is -3.13. The van der Waals surface area contributed by atoms with Gasteiger partial charge in [0.25, 0.3) is 5.56 Å². The van der Waals surface area contributed by atoms with Crippen molar-refractivity contribution in [1.29, 1.82) is 0 Å². The molecule has 2 heterocycles. The molecule has 0 saturated carbocycles. The summed E-state index contributed by atoms with van der Waals surface area (Å²) in [5, 5.41) is 7.03. The summed E-state index contributed by atoms with van der Waals surface area (Å²) in [6.45, 7) is -0.0381. The first-order chi connectivity index (χ1) is 13.1. The van der Waals surface area contributed by atoms with Crippen molar-refractivity contribution < 1.29 is 14.3 Å². The highest BCUT2D eigenvalue weighted by Crippen LogP contribution is 2.34. The summed E-state index contributed by atoms with van der Waals surface area (Å²) in [5.74, 6) is 0.835. The zero-order chi connectivity index (χ0) is 18.8. The minimum absolute atomic E-state index is 0.161. The van der Waals surface area contributed by atoms with E-state index in [4.69, 9.17) is 9.47 Å². The number of nitrogens with zero attached hydrogens (tertiary/aromatic N) is 2.